The molecule has 0 amide bonds. The summed E-state index contributed by atoms with van der Waals surface area (Å²) in [5.74, 6) is 1.16. The zero-order valence-electron chi connectivity index (χ0n) is 10.8. The summed E-state index contributed by atoms with van der Waals surface area (Å²) in [7, 11) is 0. The summed E-state index contributed by atoms with van der Waals surface area (Å²) in [6, 6.07) is 8.71. The van der Waals surface area contributed by atoms with E-state index in [0.717, 1.165) is 18.5 Å². The van der Waals surface area contributed by atoms with Gasteiger partial charge in [-0.25, -0.2) is 4.98 Å². The highest BCUT2D eigenvalue weighted by molar-refractivity contribution is 7.09. The quantitative estimate of drug-likeness (QED) is 0.739. The van der Waals surface area contributed by atoms with E-state index < -0.39 is 0 Å². The Labute approximate surface area is 118 Å². The normalized spacial score (nSPS) is 12.6. The van der Waals surface area contributed by atoms with Gasteiger partial charge in [-0.2, -0.15) is 0 Å². The van der Waals surface area contributed by atoms with Gasteiger partial charge in [0, 0.05) is 23.4 Å². The molecule has 3 heteroatoms. The van der Waals surface area contributed by atoms with Crippen LogP contribution in [0, 0.1) is 19.8 Å². The van der Waals surface area contributed by atoms with Gasteiger partial charge in [0.25, 0.3) is 0 Å². The Kier molecular flexibility index (Phi) is 4.79. The molecule has 0 fully saturated rings. The van der Waals surface area contributed by atoms with Gasteiger partial charge >= 0.3 is 0 Å². The predicted molar refractivity (Wildman–Crippen MR) is 79.6 cm³/mol. The standard InChI is InChI=1S/C15H18ClNS/c1-11-3-5-13(6-4-11)7-14(9-16)8-15-17-12(2)10-18-15/h3-6,10,14H,7-9H2,1-2H3. The Morgan fingerprint density at radius 2 is 1.89 bits per heavy atom. The monoisotopic (exact) mass is 279 g/mol. The molecule has 0 radical (unpaired) electrons. The van der Waals surface area contributed by atoms with Gasteiger partial charge in [-0.15, -0.1) is 22.9 Å². The Hall–Kier alpha value is -0.860. The Morgan fingerprint density at radius 1 is 1.17 bits per heavy atom. The molecular weight excluding hydrogens is 262 g/mol. The van der Waals surface area contributed by atoms with Crippen molar-refractivity contribution in [3.8, 4) is 0 Å². The number of aromatic nitrogens is 1. The molecule has 1 heterocycles. The van der Waals surface area contributed by atoms with Gasteiger partial charge in [-0.05, 0) is 31.7 Å². The van der Waals surface area contributed by atoms with Crippen molar-refractivity contribution in [2.45, 2.75) is 26.7 Å². The molecule has 1 atom stereocenters. The Balaban J connectivity index is 1.99. The van der Waals surface area contributed by atoms with Crippen LogP contribution >= 0.6 is 22.9 Å². The molecule has 1 aromatic carbocycles. The van der Waals surface area contributed by atoms with E-state index in [4.69, 9.17) is 11.6 Å². The maximum Gasteiger partial charge on any atom is 0.0931 e. The Bertz CT molecular complexity index is 489. The van der Waals surface area contributed by atoms with Crippen LogP contribution in [-0.4, -0.2) is 10.9 Å². The number of halogens is 1. The van der Waals surface area contributed by atoms with Crippen molar-refractivity contribution in [2.24, 2.45) is 5.92 Å². The number of rotatable bonds is 5. The molecule has 2 rings (SSSR count). The third-order valence-electron chi connectivity index (χ3n) is 2.99. The summed E-state index contributed by atoms with van der Waals surface area (Å²) in [4.78, 5) is 4.51. The zero-order valence-corrected chi connectivity index (χ0v) is 12.4. The first-order valence-corrected chi connectivity index (χ1v) is 7.61. The summed E-state index contributed by atoms with van der Waals surface area (Å²) < 4.78 is 0. The molecule has 0 aliphatic rings. The lowest BCUT2D eigenvalue weighted by molar-refractivity contribution is 0.581. The number of aryl methyl sites for hydroxylation is 2. The number of alkyl halides is 1. The highest BCUT2D eigenvalue weighted by Crippen LogP contribution is 2.19. The summed E-state index contributed by atoms with van der Waals surface area (Å²) in [5.41, 5.74) is 3.77. The van der Waals surface area contributed by atoms with Crippen LogP contribution in [0.2, 0.25) is 0 Å². The van der Waals surface area contributed by atoms with Gasteiger partial charge < -0.3 is 0 Å². The topological polar surface area (TPSA) is 12.9 Å². The second-order valence-corrected chi connectivity index (χ2v) is 6.05. The van der Waals surface area contributed by atoms with Gasteiger partial charge in [0.1, 0.15) is 0 Å². The fourth-order valence-corrected chi connectivity index (χ4v) is 3.09. The first-order valence-electron chi connectivity index (χ1n) is 6.20. The van der Waals surface area contributed by atoms with Crippen LogP contribution in [0.3, 0.4) is 0 Å². The van der Waals surface area contributed by atoms with E-state index in [1.807, 2.05) is 6.92 Å². The largest absolute Gasteiger partial charge is 0.247 e. The van der Waals surface area contributed by atoms with Crippen molar-refractivity contribution >= 4 is 22.9 Å². The number of hydrogen-bond acceptors (Lipinski definition) is 2. The minimum absolute atomic E-state index is 0.472. The molecule has 0 spiro atoms. The summed E-state index contributed by atoms with van der Waals surface area (Å²) in [6.07, 6.45) is 2.01. The van der Waals surface area contributed by atoms with E-state index in [1.54, 1.807) is 11.3 Å². The van der Waals surface area contributed by atoms with E-state index in [-0.39, 0.29) is 0 Å². The SMILES string of the molecule is Cc1ccc(CC(CCl)Cc2nc(C)cs2)cc1. The van der Waals surface area contributed by atoms with Crippen LogP contribution in [0.1, 0.15) is 21.8 Å². The lowest BCUT2D eigenvalue weighted by atomic mass is 9.97. The molecule has 0 bridgehead atoms. The molecule has 0 saturated carbocycles. The van der Waals surface area contributed by atoms with Crippen LogP contribution in [-0.2, 0) is 12.8 Å². The summed E-state index contributed by atoms with van der Waals surface area (Å²) >= 11 is 7.82. The van der Waals surface area contributed by atoms with Crippen molar-refractivity contribution in [2.75, 3.05) is 5.88 Å². The average molecular weight is 280 g/mol. The van der Waals surface area contributed by atoms with Crippen LogP contribution in [0.4, 0.5) is 0 Å². The fourth-order valence-electron chi connectivity index (χ4n) is 1.98. The molecule has 0 N–H and O–H groups in total. The third kappa shape index (κ3) is 3.82. The lowest BCUT2D eigenvalue weighted by Gasteiger charge is -2.12. The molecule has 18 heavy (non-hydrogen) atoms. The number of benzene rings is 1. The van der Waals surface area contributed by atoms with Gasteiger partial charge in [-0.1, -0.05) is 29.8 Å². The first-order chi connectivity index (χ1) is 8.67. The van der Waals surface area contributed by atoms with E-state index in [0.29, 0.717) is 11.8 Å². The summed E-state index contributed by atoms with van der Waals surface area (Å²) in [5, 5.41) is 3.30. The van der Waals surface area contributed by atoms with Crippen LogP contribution in [0.5, 0.6) is 0 Å². The molecule has 1 unspecified atom stereocenters. The van der Waals surface area contributed by atoms with E-state index in [2.05, 4.69) is 41.6 Å². The van der Waals surface area contributed by atoms with Gasteiger partial charge in [-0.3, -0.25) is 0 Å². The van der Waals surface area contributed by atoms with Gasteiger partial charge in [0.15, 0.2) is 0 Å². The smallest absolute Gasteiger partial charge is 0.0931 e. The highest BCUT2D eigenvalue weighted by Gasteiger charge is 2.11. The maximum atomic E-state index is 6.08. The van der Waals surface area contributed by atoms with Crippen molar-refractivity contribution in [3.05, 3.63) is 51.5 Å². The van der Waals surface area contributed by atoms with Gasteiger partial charge in [0.05, 0.1) is 5.01 Å². The number of nitrogens with zero attached hydrogens (tertiary/aromatic N) is 1. The molecule has 96 valence electrons. The molecule has 1 aromatic heterocycles. The molecule has 0 saturated heterocycles. The second kappa shape index (κ2) is 6.35. The zero-order chi connectivity index (χ0) is 13.0. The highest BCUT2D eigenvalue weighted by atomic mass is 35.5. The fraction of sp³-hybridized carbons (Fsp3) is 0.400. The van der Waals surface area contributed by atoms with Crippen molar-refractivity contribution in [1.29, 1.82) is 0 Å². The Morgan fingerprint density at radius 3 is 2.44 bits per heavy atom. The van der Waals surface area contributed by atoms with Crippen LogP contribution < -0.4 is 0 Å². The van der Waals surface area contributed by atoms with Gasteiger partial charge in [0.2, 0.25) is 0 Å². The minimum Gasteiger partial charge on any atom is -0.247 e. The molecule has 2 aromatic rings. The first kappa shape index (κ1) is 13.6. The van der Waals surface area contributed by atoms with E-state index >= 15 is 0 Å². The number of hydrogen-bond donors (Lipinski definition) is 0. The molecular formula is C15H18ClNS. The molecule has 1 nitrogen and oxygen atoms in total. The van der Waals surface area contributed by atoms with Crippen LogP contribution in [0.15, 0.2) is 29.6 Å². The lowest BCUT2D eigenvalue weighted by Crippen LogP contribution is -2.10. The second-order valence-electron chi connectivity index (χ2n) is 4.80. The minimum atomic E-state index is 0.472. The van der Waals surface area contributed by atoms with E-state index in [1.165, 1.54) is 16.1 Å². The maximum absolute atomic E-state index is 6.08. The molecule has 0 aliphatic heterocycles. The predicted octanol–water partition coefficient (Wildman–Crippen LogP) is 4.40. The van der Waals surface area contributed by atoms with Crippen molar-refractivity contribution in [3.63, 3.8) is 0 Å². The molecule has 0 aliphatic carbocycles. The van der Waals surface area contributed by atoms with Crippen molar-refractivity contribution in [1.82, 2.24) is 4.98 Å². The van der Waals surface area contributed by atoms with Crippen molar-refractivity contribution < 1.29 is 0 Å². The third-order valence-corrected chi connectivity index (χ3v) is 4.42. The summed E-state index contributed by atoms with van der Waals surface area (Å²) in [6.45, 7) is 4.15. The van der Waals surface area contributed by atoms with E-state index in [9.17, 15) is 0 Å². The van der Waals surface area contributed by atoms with Crippen LogP contribution in [0.25, 0.3) is 0 Å². The average Bonchev–Trinajstić information content (AvgIpc) is 2.77. The number of thiazole rings is 1.